The van der Waals surface area contributed by atoms with Crippen molar-refractivity contribution in [1.82, 2.24) is 14.1 Å². The molecule has 0 bridgehead atoms. The molecule has 0 atom stereocenters. The van der Waals surface area contributed by atoms with Gasteiger partial charge in [-0.25, -0.2) is 9.78 Å². The highest BCUT2D eigenvalue weighted by atomic mass is 16.2. The van der Waals surface area contributed by atoms with Gasteiger partial charge in [-0.1, -0.05) is 0 Å². The van der Waals surface area contributed by atoms with Gasteiger partial charge in [0.1, 0.15) is 0 Å². The fourth-order valence-corrected chi connectivity index (χ4v) is 2.36. The van der Waals surface area contributed by atoms with Crippen molar-refractivity contribution in [2.75, 3.05) is 0 Å². The second-order valence-corrected chi connectivity index (χ2v) is 5.74. The van der Waals surface area contributed by atoms with E-state index in [4.69, 9.17) is 0 Å². The molecule has 3 rings (SSSR count). The predicted octanol–water partition coefficient (Wildman–Crippen LogP) is 2.29. The Morgan fingerprint density at radius 1 is 1.35 bits per heavy atom. The normalized spacial score (nSPS) is 16.6. The van der Waals surface area contributed by atoms with Gasteiger partial charge in [-0.2, -0.15) is 0 Å². The molecule has 90 valence electrons. The van der Waals surface area contributed by atoms with Gasteiger partial charge in [-0.3, -0.25) is 9.13 Å². The molecule has 1 fully saturated rings. The lowest BCUT2D eigenvalue weighted by molar-refractivity contribution is 0.390. The van der Waals surface area contributed by atoms with Crippen LogP contribution in [-0.2, 0) is 5.54 Å². The molecular weight excluding hydrogens is 214 g/mol. The Morgan fingerprint density at radius 2 is 2.06 bits per heavy atom. The average molecular weight is 231 g/mol. The van der Waals surface area contributed by atoms with Crippen molar-refractivity contribution >= 4 is 11.2 Å². The first kappa shape index (κ1) is 10.6. The number of nitrogens with zero attached hydrogens (tertiary/aromatic N) is 3. The van der Waals surface area contributed by atoms with Crippen molar-refractivity contribution in [2.24, 2.45) is 0 Å². The first-order chi connectivity index (χ1) is 8.00. The van der Waals surface area contributed by atoms with Crippen LogP contribution in [0.5, 0.6) is 0 Å². The minimum absolute atomic E-state index is 0.0775. The van der Waals surface area contributed by atoms with Crippen LogP contribution >= 0.6 is 0 Å². The molecule has 0 amide bonds. The summed E-state index contributed by atoms with van der Waals surface area (Å²) in [5, 5.41) is 0. The topological polar surface area (TPSA) is 39.8 Å². The Labute approximate surface area is 99.9 Å². The van der Waals surface area contributed by atoms with E-state index >= 15 is 0 Å². The summed E-state index contributed by atoms with van der Waals surface area (Å²) in [4.78, 5) is 16.9. The molecule has 1 aliphatic carbocycles. The van der Waals surface area contributed by atoms with Gasteiger partial charge in [0.15, 0.2) is 5.65 Å². The largest absolute Gasteiger partial charge is 0.331 e. The molecule has 4 nitrogen and oxygen atoms in total. The Morgan fingerprint density at radius 3 is 2.65 bits per heavy atom. The zero-order valence-corrected chi connectivity index (χ0v) is 10.5. The average Bonchev–Trinajstić information content (AvgIpc) is 2.99. The van der Waals surface area contributed by atoms with Crippen LogP contribution in [0.15, 0.2) is 23.1 Å². The highest BCUT2D eigenvalue weighted by Crippen LogP contribution is 2.36. The summed E-state index contributed by atoms with van der Waals surface area (Å²) in [6.07, 6.45) is 3.95. The summed E-state index contributed by atoms with van der Waals surface area (Å²) in [6.45, 7) is 6.16. The third-order valence-corrected chi connectivity index (χ3v) is 3.22. The summed E-state index contributed by atoms with van der Waals surface area (Å²) >= 11 is 0. The number of hydrogen-bond acceptors (Lipinski definition) is 2. The second kappa shape index (κ2) is 3.22. The molecule has 2 aromatic heterocycles. The predicted molar refractivity (Wildman–Crippen MR) is 67.3 cm³/mol. The molecular formula is C13H17N3O. The monoisotopic (exact) mass is 231 g/mol. The van der Waals surface area contributed by atoms with Crippen molar-refractivity contribution < 1.29 is 0 Å². The molecule has 0 N–H and O–H groups in total. The van der Waals surface area contributed by atoms with E-state index in [1.165, 1.54) is 0 Å². The lowest BCUT2D eigenvalue weighted by Gasteiger charge is -2.20. The van der Waals surface area contributed by atoms with Crippen LogP contribution < -0.4 is 5.69 Å². The molecule has 17 heavy (non-hydrogen) atoms. The zero-order chi connectivity index (χ0) is 12.2. The zero-order valence-electron chi connectivity index (χ0n) is 10.5. The van der Waals surface area contributed by atoms with Gasteiger partial charge in [0.2, 0.25) is 0 Å². The Kier molecular flexibility index (Phi) is 2.00. The number of imidazole rings is 1. The summed E-state index contributed by atoms with van der Waals surface area (Å²) in [5.74, 6) is 0. The van der Waals surface area contributed by atoms with Gasteiger partial charge in [0.25, 0.3) is 0 Å². The van der Waals surface area contributed by atoms with Crippen LogP contribution in [0.3, 0.4) is 0 Å². The molecule has 1 saturated carbocycles. The van der Waals surface area contributed by atoms with Gasteiger partial charge in [0.05, 0.1) is 5.52 Å². The van der Waals surface area contributed by atoms with Crippen LogP contribution in [0.2, 0.25) is 0 Å². The second-order valence-electron chi connectivity index (χ2n) is 5.74. The van der Waals surface area contributed by atoms with E-state index in [-0.39, 0.29) is 11.2 Å². The number of pyridine rings is 1. The van der Waals surface area contributed by atoms with Crippen molar-refractivity contribution in [2.45, 2.75) is 45.2 Å². The van der Waals surface area contributed by atoms with Crippen molar-refractivity contribution in [3.8, 4) is 0 Å². The van der Waals surface area contributed by atoms with Gasteiger partial charge in [0, 0.05) is 17.8 Å². The molecule has 0 radical (unpaired) electrons. The molecule has 0 spiro atoms. The van der Waals surface area contributed by atoms with E-state index < -0.39 is 0 Å². The number of rotatable bonds is 1. The molecule has 0 unspecified atom stereocenters. The van der Waals surface area contributed by atoms with Crippen LogP contribution in [0.25, 0.3) is 11.2 Å². The summed E-state index contributed by atoms with van der Waals surface area (Å²) in [5.41, 5.74) is 1.64. The summed E-state index contributed by atoms with van der Waals surface area (Å²) in [7, 11) is 0. The van der Waals surface area contributed by atoms with Crippen LogP contribution in [0, 0.1) is 0 Å². The summed E-state index contributed by atoms with van der Waals surface area (Å²) in [6, 6.07) is 4.23. The fraction of sp³-hybridized carbons (Fsp3) is 0.538. The van der Waals surface area contributed by atoms with E-state index in [9.17, 15) is 4.79 Å². The molecule has 0 aliphatic heterocycles. The molecule has 0 aromatic carbocycles. The van der Waals surface area contributed by atoms with E-state index in [1.807, 2.05) is 21.3 Å². The lowest BCUT2D eigenvalue weighted by atomic mass is 10.1. The van der Waals surface area contributed by atoms with Gasteiger partial charge < -0.3 is 0 Å². The number of hydrogen-bond donors (Lipinski definition) is 0. The Bertz CT molecular complexity index is 626. The van der Waals surface area contributed by atoms with Crippen molar-refractivity contribution in [3.05, 3.63) is 28.8 Å². The van der Waals surface area contributed by atoms with Crippen molar-refractivity contribution in [3.63, 3.8) is 0 Å². The smallest absolute Gasteiger partial charge is 0.285 e. The van der Waals surface area contributed by atoms with E-state index in [1.54, 1.807) is 6.20 Å². The quantitative estimate of drug-likeness (QED) is 0.755. The van der Waals surface area contributed by atoms with Crippen LogP contribution in [0.4, 0.5) is 0 Å². The highest BCUT2D eigenvalue weighted by Gasteiger charge is 2.31. The SMILES string of the molecule is CC(C)(C)n1c(=O)n(C2CC2)c2ncccc21. The number of fused-ring (bicyclic) bond motifs is 1. The van der Waals surface area contributed by atoms with Gasteiger partial charge in [-0.05, 0) is 45.7 Å². The standard InChI is InChI=1S/C13H17N3O/c1-13(2,3)16-10-5-4-8-14-11(10)15(12(16)17)9-6-7-9/h4-5,8-9H,6-7H2,1-3H3. The third-order valence-electron chi connectivity index (χ3n) is 3.22. The number of aromatic nitrogens is 3. The Hall–Kier alpha value is -1.58. The lowest BCUT2D eigenvalue weighted by Crippen LogP contribution is -2.34. The summed E-state index contributed by atoms with van der Waals surface area (Å²) < 4.78 is 3.72. The Balaban J connectivity index is 2.42. The van der Waals surface area contributed by atoms with Crippen molar-refractivity contribution in [1.29, 1.82) is 0 Å². The molecule has 1 aliphatic rings. The molecule has 4 heteroatoms. The van der Waals surface area contributed by atoms with Gasteiger partial charge in [-0.15, -0.1) is 0 Å². The molecule has 2 aromatic rings. The van der Waals surface area contributed by atoms with E-state index in [0.29, 0.717) is 6.04 Å². The fourth-order valence-electron chi connectivity index (χ4n) is 2.36. The third kappa shape index (κ3) is 1.51. The maximum atomic E-state index is 12.5. The van der Waals surface area contributed by atoms with Crippen LogP contribution in [0.1, 0.15) is 39.7 Å². The van der Waals surface area contributed by atoms with E-state index in [0.717, 1.165) is 24.0 Å². The minimum atomic E-state index is -0.210. The van der Waals surface area contributed by atoms with Crippen LogP contribution in [-0.4, -0.2) is 14.1 Å². The van der Waals surface area contributed by atoms with Gasteiger partial charge >= 0.3 is 5.69 Å². The molecule has 2 heterocycles. The highest BCUT2D eigenvalue weighted by molar-refractivity contribution is 5.72. The minimum Gasteiger partial charge on any atom is -0.285 e. The first-order valence-corrected chi connectivity index (χ1v) is 6.08. The maximum absolute atomic E-state index is 12.5. The first-order valence-electron chi connectivity index (χ1n) is 6.08. The maximum Gasteiger partial charge on any atom is 0.331 e. The molecule has 0 saturated heterocycles. The van der Waals surface area contributed by atoms with E-state index in [2.05, 4.69) is 25.8 Å².